The Morgan fingerprint density at radius 1 is 1.00 bits per heavy atom. The molecule has 5 heteroatoms. The molecule has 3 aromatic rings. The van der Waals surface area contributed by atoms with E-state index < -0.39 is 0 Å². The van der Waals surface area contributed by atoms with E-state index in [-0.39, 0.29) is 17.4 Å². The molecular formula is C20H18FN3O. The van der Waals surface area contributed by atoms with Gasteiger partial charge >= 0.3 is 0 Å². The molecule has 0 spiro atoms. The van der Waals surface area contributed by atoms with Crippen LogP contribution in [0.15, 0.2) is 60.8 Å². The number of aryl methyl sites for hydroxylation is 1. The van der Waals surface area contributed by atoms with Gasteiger partial charge in [-0.15, -0.1) is 0 Å². The lowest BCUT2D eigenvalue weighted by Gasteiger charge is -2.11. The summed E-state index contributed by atoms with van der Waals surface area (Å²) in [6.45, 7) is 3.95. The first-order valence-electron chi connectivity index (χ1n) is 7.89. The van der Waals surface area contributed by atoms with Crippen LogP contribution < -0.4 is 10.6 Å². The van der Waals surface area contributed by atoms with E-state index in [1.54, 1.807) is 30.5 Å². The molecule has 2 aromatic carbocycles. The molecule has 2 N–H and O–H groups in total. The minimum atomic E-state index is -0.327. The molecule has 3 rings (SSSR count). The molecule has 1 heterocycles. The number of amides is 1. The minimum Gasteiger partial charge on any atom is -0.355 e. The molecule has 0 saturated heterocycles. The Bertz CT molecular complexity index is 924. The Morgan fingerprint density at radius 2 is 1.76 bits per heavy atom. The Kier molecular flexibility index (Phi) is 4.75. The molecular weight excluding hydrogens is 317 g/mol. The molecule has 0 radical (unpaired) electrons. The summed E-state index contributed by atoms with van der Waals surface area (Å²) in [6, 6.07) is 15.2. The van der Waals surface area contributed by atoms with Crippen LogP contribution in [0.5, 0.6) is 0 Å². The Balaban J connectivity index is 1.78. The predicted molar refractivity (Wildman–Crippen MR) is 97.8 cm³/mol. The number of benzene rings is 2. The minimum absolute atomic E-state index is 0.280. The lowest BCUT2D eigenvalue weighted by atomic mass is 10.1. The number of aromatic nitrogens is 1. The highest BCUT2D eigenvalue weighted by atomic mass is 19.1. The van der Waals surface area contributed by atoms with Crippen LogP contribution in [0.1, 0.15) is 21.6 Å². The number of rotatable bonds is 4. The normalized spacial score (nSPS) is 10.4. The van der Waals surface area contributed by atoms with Gasteiger partial charge in [0.1, 0.15) is 11.5 Å². The highest BCUT2D eigenvalue weighted by Gasteiger charge is 2.11. The van der Waals surface area contributed by atoms with E-state index in [4.69, 9.17) is 0 Å². The van der Waals surface area contributed by atoms with Gasteiger partial charge in [0.15, 0.2) is 0 Å². The zero-order valence-corrected chi connectivity index (χ0v) is 14.0. The maximum atomic E-state index is 13.3. The third-order valence-electron chi connectivity index (χ3n) is 3.96. The van der Waals surface area contributed by atoms with E-state index in [2.05, 4.69) is 15.6 Å². The summed E-state index contributed by atoms with van der Waals surface area (Å²) in [5.41, 5.74) is 4.42. The quantitative estimate of drug-likeness (QED) is 0.718. The molecule has 1 aromatic heterocycles. The van der Waals surface area contributed by atoms with Gasteiger partial charge in [-0.05, 0) is 61.4 Å². The predicted octanol–water partition coefficient (Wildman–Crippen LogP) is 4.83. The van der Waals surface area contributed by atoms with Crippen LogP contribution in [0.25, 0.3) is 0 Å². The summed E-state index contributed by atoms with van der Waals surface area (Å²) >= 11 is 0. The maximum absolute atomic E-state index is 13.3. The number of hydrogen-bond acceptors (Lipinski definition) is 3. The molecule has 0 unspecified atom stereocenters. The summed E-state index contributed by atoms with van der Waals surface area (Å²) in [5.74, 6) is -0.622. The molecule has 0 bridgehead atoms. The van der Waals surface area contributed by atoms with E-state index in [1.807, 2.05) is 32.0 Å². The smallest absolute Gasteiger partial charge is 0.274 e. The van der Waals surface area contributed by atoms with Gasteiger partial charge in [0.25, 0.3) is 5.91 Å². The monoisotopic (exact) mass is 335 g/mol. The maximum Gasteiger partial charge on any atom is 0.274 e. The molecule has 0 aliphatic rings. The Morgan fingerprint density at radius 3 is 2.56 bits per heavy atom. The Labute approximate surface area is 145 Å². The lowest BCUT2D eigenvalue weighted by molar-refractivity contribution is 0.102. The topological polar surface area (TPSA) is 54.0 Å². The van der Waals surface area contributed by atoms with E-state index in [9.17, 15) is 9.18 Å². The second-order valence-corrected chi connectivity index (χ2v) is 5.77. The first kappa shape index (κ1) is 16.6. The summed E-state index contributed by atoms with van der Waals surface area (Å²) in [4.78, 5) is 16.6. The van der Waals surface area contributed by atoms with Gasteiger partial charge in [-0.25, -0.2) is 4.39 Å². The van der Waals surface area contributed by atoms with Crippen molar-refractivity contribution in [3.63, 3.8) is 0 Å². The molecule has 0 saturated carbocycles. The SMILES string of the molecule is Cc1cccc(NC(=O)c2cc(Nc3cccc(F)c3)ccn2)c1C. The number of carbonyl (C=O) groups excluding carboxylic acids is 1. The van der Waals surface area contributed by atoms with Crippen LogP contribution in [-0.4, -0.2) is 10.9 Å². The van der Waals surface area contributed by atoms with Gasteiger partial charge in [0, 0.05) is 23.3 Å². The number of nitrogens with zero attached hydrogens (tertiary/aromatic N) is 1. The van der Waals surface area contributed by atoms with Gasteiger partial charge in [-0.2, -0.15) is 0 Å². The van der Waals surface area contributed by atoms with Gasteiger partial charge < -0.3 is 10.6 Å². The number of anilines is 3. The number of hydrogen-bond donors (Lipinski definition) is 2. The molecule has 0 atom stereocenters. The highest BCUT2D eigenvalue weighted by molar-refractivity contribution is 6.03. The van der Waals surface area contributed by atoms with Crippen molar-refractivity contribution in [3.05, 3.63) is 83.4 Å². The summed E-state index contributed by atoms with van der Waals surface area (Å²) in [5, 5.41) is 5.94. The lowest BCUT2D eigenvalue weighted by Crippen LogP contribution is -2.14. The van der Waals surface area contributed by atoms with Crippen LogP contribution in [0, 0.1) is 19.7 Å². The van der Waals surface area contributed by atoms with Gasteiger partial charge in [0.05, 0.1) is 0 Å². The average molecular weight is 335 g/mol. The van der Waals surface area contributed by atoms with E-state index in [0.29, 0.717) is 11.4 Å². The van der Waals surface area contributed by atoms with Crippen molar-refractivity contribution >= 4 is 23.0 Å². The van der Waals surface area contributed by atoms with Gasteiger partial charge in [-0.1, -0.05) is 18.2 Å². The van der Waals surface area contributed by atoms with Crippen molar-refractivity contribution in [1.29, 1.82) is 0 Å². The first-order chi connectivity index (χ1) is 12.0. The van der Waals surface area contributed by atoms with Crippen molar-refractivity contribution in [2.75, 3.05) is 10.6 Å². The fourth-order valence-electron chi connectivity index (χ4n) is 2.44. The van der Waals surface area contributed by atoms with E-state index in [1.165, 1.54) is 12.1 Å². The van der Waals surface area contributed by atoms with Crippen LogP contribution in [-0.2, 0) is 0 Å². The highest BCUT2D eigenvalue weighted by Crippen LogP contribution is 2.20. The molecule has 0 fully saturated rings. The molecule has 0 aliphatic heterocycles. The van der Waals surface area contributed by atoms with Crippen molar-refractivity contribution in [3.8, 4) is 0 Å². The standard InChI is InChI=1S/C20H18FN3O/c1-13-5-3-8-18(14(13)2)24-20(25)19-12-17(9-10-22-19)23-16-7-4-6-15(21)11-16/h3-12H,1-2H3,(H,22,23)(H,24,25). The zero-order valence-electron chi connectivity index (χ0n) is 14.0. The molecule has 0 aliphatic carbocycles. The second-order valence-electron chi connectivity index (χ2n) is 5.77. The van der Waals surface area contributed by atoms with Gasteiger partial charge in [-0.3, -0.25) is 9.78 Å². The average Bonchev–Trinajstić information content (AvgIpc) is 2.59. The van der Waals surface area contributed by atoms with Crippen LogP contribution in [0.2, 0.25) is 0 Å². The second kappa shape index (κ2) is 7.13. The molecule has 126 valence electrons. The summed E-state index contributed by atoms with van der Waals surface area (Å²) in [7, 11) is 0. The number of nitrogens with one attached hydrogen (secondary N) is 2. The molecule has 1 amide bonds. The third kappa shape index (κ3) is 4.01. The number of carbonyl (C=O) groups is 1. The largest absolute Gasteiger partial charge is 0.355 e. The van der Waals surface area contributed by atoms with Crippen LogP contribution in [0.4, 0.5) is 21.5 Å². The van der Waals surface area contributed by atoms with Crippen LogP contribution >= 0.6 is 0 Å². The third-order valence-corrected chi connectivity index (χ3v) is 3.96. The van der Waals surface area contributed by atoms with Crippen molar-refractivity contribution in [2.24, 2.45) is 0 Å². The van der Waals surface area contributed by atoms with Crippen molar-refractivity contribution in [1.82, 2.24) is 4.98 Å². The van der Waals surface area contributed by atoms with E-state index >= 15 is 0 Å². The zero-order chi connectivity index (χ0) is 17.8. The molecule has 4 nitrogen and oxygen atoms in total. The van der Waals surface area contributed by atoms with E-state index in [0.717, 1.165) is 16.8 Å². The molecule has 25 heavy (non-hydrogen) atoms. The van der Waals surface area contributed by atoms with Crippen LogP contribution in [0.3, 0.4) is 0 Å². The first-order valence-corrected chi connectivity index (χ1v) is 7.89. The van der Waals surface area contributed by atoms with Gasteiger partial charge in [0.2, 0.25) is 0 Å². The fraction of sp³-hybridized carbons (Fsp3) is 0.100. The fourth-order valence-corrected chi connectivity index (χ4v) is 2.44. The van der Waals surface area contributed by atoms with Crippen molar-refractivity contribution in [2.45, 2.75) is 13.8 Å². The Hall–Kier alpha value is -3.21. The summed E-state index contributed by atoms with van der Waals surface area (Å²) < 4.78 is 13.3. The number of pyridine rings is 1. The summed E-state index contributed by atoms with van der Waals surface area (Å²) in [6.07, 6.45) is 1.54. The number of halogens is 1. The van der Waals surface area contributed by atoms with Crippen molar-refractivity contribution < 1.29 is 9.18 Å².